The van der Waals surface area contributed by atoms with Crippen LogP contribution in [-0.2, 0) is 0 Å². The Morgan fingerprint density at radius 2 is 1.22 bits per heavy atom. The van der Waals surface area contributed by atoms with E-state index in [0.29, 0.717) is 5.84 Å². The molecule has 4 nitrogen and oxygen atoms in total. The first-order valence-electron chi connectivity index (χ1n) is 7.33. The molecule has 0 bridgehead atoms. The van der Waals surface area contributed by atoms with E-state index in [1.165, 1.54) is 0 Å². The lowest BCUT2D eigenvalue weighted by Crippen LogP contribution is -2.00. The molecule has 0 atom stereocenters. The van der Waals surface area contributed by atoms with E-state index in [2.05, 4.69) is 20.8 Å². The molecule has 0 aromatic heterocycles. The molecule has 3 rings (SSSR count). The quantitative estimate of drug-likeness (QED) is 0.304. The van der Waals surface area contributed by atoms with E-state index >= 15 is 0 Å². The number of amidine groups is 1. The van der Waals surface area contributed by atoms with Crippen molar-refractivity contribution in [1.29, 1.82) is 0 Å². The zero-order chi connectivity index (χ0) is 15.7. The minimum Gasteiger partial charge on any atom is -0.276 e. The highest BCUT2D eigenvalue weighted by atomic mass is 15.3. The van der Waals surface area contributed by atoms with Crippen molar-refractivity contribution in [1.82, 2.24) is 0 Å². The number of hydrazone groups is 1. The minimum absolute atomic E-state index is 0.526. The Balaban J connectivity index is 1.86. The summed E-state index contributed by atoms with van der Waals surface area (Å²) in [4.78, 5) is 0. The van der Waals surface area contributed by atoms with Gasteiger partial charge in [-0.05, 0) is 24.3 Å². The third kappa shape index (κ3) is 4.35. The third-order valence-electron chi connectivity index (χ3n) is 3.11. The summed E-state index contributed by atoms with van der Waals surface area (Å²) in [5.74, 6) is 0.526. The molecule has 23 heavy (non-hydrogen) atoms. The maximum Gasteiger partial charge on any atom is 0.201 e. The van der Waals surface area contributed by atoms with Gasteiger partial charge in [-0.25, -0.2) is 0 Å². The second-order valence-corrected chi connectivity index (χ2v) is 4.81. The van der Waals surface area contributed by atoms with Crippen molar-refractivity contribution >= 4 is 17.2 Å². The number of anilines is 1. The van der Waals surface area contributed by atoms with Gasteiger partial charge < -0.3 is 0 Å². The van der Waals surface area contributed by atoms with Gasteiger partial charge in [0, 0.05) is 5.56 Å². The van der Waals surface area contributed by atoms with Crippen LogP contribution >= 0.6 is 0 Å². The summed E-state index contributed by atoms with van der Waals surface area (Å²) in [7, 11) is 0. The van der Waals surface area contributed by atoms with Crippen LogP contribution in [0, 0.1) is 0 Å². The number of hydrogen-bond acceptors (Lipinski definition) is 3. The highest BCUT2D eigenvalue weighted by molar-refractivity contribution is 5.99. The highest BCUT2D eigenvalue weighted by Gasteiger charge is 2.02. The summed E-state index contributed by atoms with van der Waals surface area (Å²) in [5.41, 5.74) is 5.60. The molecule has 0 amide bonds. The number of hydrogen-bond donors (Lipinski definition) is 1. The lowest BCUT2D eigenvalue weighted by Gasteiger charge is -2.03. The van der Waals surface area contributed by atoms with E-state index in [0.717, 1.165) is 16.9 Å². The van der Waals surface area contributed by atoms with Crippen molar-refractivity contribution in [2.24, 2.45) is 15.3 Å². The molecule has 3 aromatic carbocycles. The first kappa shape index (κ1) is 14.7. The van der Waals surface area contributed by atoms with Crippen LogP contribution in [0.1, 0.15) is 5.56 Å². The van der Waals surface area contributed by atoms with Crippen molar-refractivity contribution in [3.63, 3.8) is 0 Å². The van der Waals surface area contributed by atoms with Gasteiger partial charge in [0.25, 0.3) is 0 Å². The number of nitrogens with zero attached hydrogens (tertiary/aromatic N) is 3. The van der Waals surface area contributed by atoms with Crippen LogP contribution in [0.4, 0.5) is 11.4 Å². The SMILES string of the molecule is c1ccc(N=NC(=NNc2ccccc2)c2ccccc2)cc1. The maximum atomic E-state index is 4.39. The van der Waals surface area contributed by atoms with Crippen LogP contribution in [0.5, 0.6) is 0 Å². The second-order valence-electron chi connectivity index (χ2n) is 4.81. The molecular weight excluding hydrogens is 284 g/mol. The fourth-order valence-electron chi connectivity index (χ4n) is 1.96. The first-order valence-corrected chi connectivity index (χ1v) is 7.33. The van der Waals surface area contributed by atoms with Gasteiger partial charge in [0.1, 0.15) is 0 Å². The van der Waals surface area contributed by atoms with Crippen LogP contribution in [0.15, 0.2) is 106 Å². The van der Waals surface area contributed by atoms with Crippen molar-refractivity contribution in [2.75, 3.05) is 5.43 Å². The van der Waals surface area contributed by atoms with Crippen molar-refractivity contribution in [2.45, 2.75) is 0 Å². The van der Waals surface area contributed by atoms with Gasteiger partial charge in [0.05, 0.1) is 11.4 Å². The number of rotatable bonds is 4. The largest absolute Gasteiger partial charge is 0.276 e. The average molecular weight is 300 g/mol. The van der Waals surface area contributed by atoms with E-state index in [-0.39, 0.29) is 0 Å². The first-order chi connectivity index (χ1) is 11.4. The highest BCUT2D eigenvalue weighted by Crippen LogP contribution is 2.13. The van der Waals surface area contributed by atoms with E-state index in [9.17, 15) is 0 Å². The average Bonchev–Trinajstić information content (AvgIpc) is 2.64. The Hall–Kier alpha value is -3.27. The number of nitrogens with one attached hydrogen (secondary N) is 1. The molecule has 0 aliphatic heterocycles. The van der Waals surface area contributed by atoms with Gasteiger partial charge >= 0.3 is 0 Å². The summed E-state index contributed by atoms with van der Waals surface area (Å²) < 4.78 is 0. The zero-order valence-corrected chi connectivity index (χ0v) is 12.5. The predicted molar refractivity (Wildman–Crippen MR) is 94.0 cm³/mol. The Morgan fingerprint density at radius 3 is 1.87 bits per heavy atom. The summed E-state index contributed by atoms with van der Waals surface area (Å²) in [6.45, 7) is 0. The fraction of sp³-hybridized carbons (Fsp3) is 0. The van der Waals surface area contributed by atoms with Crippen LogP contribution < -0.4 is 5.43 Å². The van der Waals surface area contributed by atoms with Crippen molar-refractivity contribution in [3.8, 4) is 0 Å². The standard InChI is InChI=1S/C19H16N4/c1-4-10-16(11-5-1)19(22-20-17-12-6-2-7-13-17)23-21-18-14-8-3-9-15-18/h1-15,20H. The van der Waals surface area contributed by atoms with Crippen LogP contribution in [-0.4, -0.2) is 5.84 Å². The fourth-order valence-corrected chi connectivity index (χ4v) is 1.96. The smallest absolute Gasteiger partial charge is 0.201 e. The summed E-state index contributed by atoms with van der Waals surface area (Å²) in [5, 5.41) is 12.9. The predicted octanol–water partition coefficient (Wildman–Crippen LogP) is 5.24. The van der Waals surface area contributed by atoms with E-state index < -0.39 is 0 Å². The van der Waals surface area contributed by atoms with Crippen LogP contribution in [0.2, 0.25) is 0 Å². The third-order valence-corrected chi connectivity index (χ3v) is 3.11. The summed E-state index contributed by atoms with van der Waals surface area (Å²) in [6.07, 6.45) is 0. The monoisotopic (exact) mass is 300 g/mol. The van der Waals surface area contributed by atoms with Crippen LogP contribution in [0.3, 0.4) is 0 Å². The molecule has 1 N–H and O–H groups in total. The lowest BCUT2D eigenvalue weighted by molar-refractivity contribution is 1.22. The maximum absolute atomic E-state index is 4.39. The van der Waals surface area contributed by atoms with E-state index in [1.54, 1.807) is 0 Å². The molecule has 0 fully saturated rings. The van der Waals surface area contributed by atoms with E-state index in [4.69, 9.17) is 0 Å². The molecule has 0 saturated carbocycles. The van der Waals surface area contributed by atoms with Gasteiger partial charge in [-0.2, -0.15) is 5.10 Å². The molecule has 0 spiro atoms. The number of para-hydroxylation sites is 1. The number of benzene rings is 3. The molecule has 0 radical (unpaired) electrons. The number of azo groups is 1. The van der Waals surface area contributed by atoms with Crippen molar-refractivity contribution < 1.29 is 0 Å². The van der Waals surface area contributed by atoms with Gasteiger partial charge in [0.2, 0.25) is 5.84 Å². The molecule has 112 valence electrons. The molecule has 0 aliphatic rings. The molecule has 3 aromatic rings. The van der Waals surface area contributed by atoms with Gasteiger partial charge in [0.15, 0.2) is 0 Å². The molecular formula is C19H16N4. The zero-order valence-electron chi connectivity index (χ0n) is 12.5. The Labute approximate surface area is 135 Å². The van der Waals surface area contributed by atoms with Gasteiger partial charge in [-0.1, -0.05) is 66.7 Å². The molecule has 0 unspecified atom stereocenters. The second kappa shape index (κ2) is 7.66. The summed E-state index contributed by atoms with van der Waals surface area (Å²) in [6, 6.07) is 29.1. The van der Waals surface area contributed by atoms with Crippen LogP contribution in [0.25, 0.3) is 0 Å². The molecule has 4 heteroatoms. The van der Waals surface area contributed by atoms with Gasteiger partial charge in [-0.3, -0.25) is 5.43 Å². The Morgan fingerprint density at radius 1 is 0.652 bits per heavy atom. The Kier molecular flexibility index (Phi) is 4.88. The normalized spacial score (nSPS) is 11.6. The lowest BCUT2D eigenvalue weighted by atomic mass is 10.2. The molecule has 0 aliphatic carbocycles. The van der Waals surface area contributed by atoms with Crippen molar-refractivity contribution in [3.05, 3.63) is 96.6 Å². The Bertz CT molecular complexity index is 781. The summed E-state index contributed by atoms with van der Waals surface area (Å²) >= 11 is 0. The van der Waals surface area contributed by atoms with Gasteiger partial charge in [-0.15, -0.1) is 10.2 Å². The topological polar surface area (TPSA) is 49.1 Å². The minimum atomic E-state index is 0.526. The molecule has 0 heterocycles. The van der Waals surface area contributed by atoms with E-state index in [1.807, 2.05) is 91.0 Å². The molecule has 0 saturated heterocycles.